The number of esters is 3. The molecule has 0 spiro atoms. The molecule has 0 N–H and O–H groups in total. The molecule has 0 aromatic carbocycles. The number of allylic oxidation sites excluding steroid dienone is 28. The Balaban J connectivity index is 4.65. The van der Waals surface area contributed by atoms with Gasteiger partial charge in [-0.05, 0) is 103 Å². The van der Waals surface area contributed by atoms with Gasteiger partial charge in [0.25, 0.3) is 0 Å². The Morgan fingerprint density at radius 3 is 1.08 bits per heavy atom. The number of carbonyl (C=O) groups is 3. The Morgan fingerprint density at radius 2 is 0.625 bits per heavy atom. The van der Waals surface area contributed by atoms with Crippen LogP contribution in [0.1, 0.15) is 207 Å². The van der Waals surface area contributed by atoms with Gasteiger partial charge in [0.05, 0.1) is 0 Å². The largest absolute Gasteiger partial charge is 0.462 e. The predicted octanol–water partition coefficient (Wildman–Crippen LogP) is 19.1. The first-order valence-electron chi connectivity index (χ1n) is 28.3. The lowest BCUT2D eigenvalue weighted by atomic mass is 10.1. The zero-order valence-corrected chi connectivity index (χ0v) is 45.6. The van der Waals surface area contributed by atoms with Crippen molar-refractivity contribution in [2.75, 3.05) is 13.2 Å². The maximum atomic E-state index is 12.9. The third-order valence-corrected chi connectivity index (χ3v) is 11.2. The number of carbonyl (C=O) groups excluding carboxylic acids is 3. The van der Waals surface area contributed by atoms with Crippen molar-refractivity contribution >= 4 is 17.9 Å². The number of hydrogen-bond acceptors (Lipinski definition) is 6. The van der Waals surface area contributed by atoms with Crippen LogP contribution < -0.4 is 0 Å². The summed E-state index contributed by atoms with van der Waals surface area (Å²) in [6.45, 7) is 6.25. The molecule has 0 aromatic heterocycles. The molecule has 0 bridgehead atoms. The second-order valence-corrected chi connectivity index (χ2v) is 17.9. The van der Waals surface area contributed by atoms with Gasteiger partial charge in [-0.25, -0.2) is 0 Å². The molecule has 1 unspecified atom stereocenters. The summed E-state index contributed by atoms with van der Waals surface area (Å²) in [7, 11) is 0. The Bertz CT molecular complexity index is 1700. The molecule has 0 rings (SSSR count). The van der Waals surface area contributed by atoms with E-state index in [1.807, 2.05) is 72.9 Å². The standard InChI is InChI=1S/C66H100O6/c1-4-7-10-13-16-19-22-25-28-31-33-36-38-41-44-47-50-53-56-59-65(68)71-62-63(61-70-64(67)58-55-52-49-46-43-40-37-34-30-27-24-21-18-15-12-9-6-3)72-66(69)60-57-54-51-48-45-42-39-35-32-29-26-23-20-17-14-11-8-5-2/h7,9-10,12-13,16,18-19,21-22,25,27-33,35-41,44,46,49,63H,4-6,8,11,14-15,17,20,23-24,26,34,42-43,45,47-48,50-62H2,1-3H3/b10-7-,12-9-,16-13-,21-18-,22-19-,28-25-,30-27-,32-29-,33-31+,38-36-,39-35-,40-37-,44-41-,49-46-. The van der Waals surface area contributed by atoms with Crippen LogP contribution in [0.5, 0.6) is 0 Å². The average Bonchev–Trinajstić information content (AvgIpc) is 3.38. The predicted molar refractivity (Wildman–Crippen MR) is 311 cm³/mol. The molecule has 0 radical (unpaired) electrons. The number of ether oxygens (including phenoxy) is 3. The summed E-state index contributed by atoms with van der Waals surface area (Å²) in [5, 5.41) is 0. The van der Waals surface area contributed by atoms with Gasteiger partial charge in [-0.1, -0.05) is 255 Å². The average molecular weight is 990 g/mol. The molecule has 0 aromatic rings. The van der Waals surface area contributed by atoms with Gasteiger partial charge in [0, 0.05) is 19.3 Å². The summed E-state index contributed by atoms with van der Waals surface area (Å²) in [4.78, 5) is 38.2. The summed E-state index contributed by atoms with van der Waals surface area (Å²) in [6.07, 6.45) is 86.2. The zero-order valence-electron chi connectivity index (χ0n) is 45.6. The van der Waals surface area contributed by atoms with E-state index in [-0.39, 0.29) is 50.4 Å². The van der Waals surface area contributed by atoms with Crippen molar-refractivity contribution in [2.24, 2.45) is 0 Å². The number of rotatable bonds is 48. The molecular weight excluding hydrogens is 889 g/mol. The van der Waals surface area contributed by atoms with Crippen molar-refractivity contribution in [1.82, 2.24) is 0 Å². The molecule has 0 aliphatic heterocycles. The highest BCUT2D eigenvalue weighted by molar-refractivity contribution is 5.71. The van der Waals surface area contributed by atoms with Crippen LogP contribution in [0.25, 0.3) is 0 Å². The number of hydrogen-bond donors (Lipinski definition) is 0. The molecule has 1 atom stereocenters. The van der Waals surface area contributed by atoms with Crippen LogP contribution >= 0.6 is 0 Å². The molecule has 72 heavy (non-hydrogen) atoms. The molecule has 0 amide bonds. The monoisotopic (exact) mass is 989 g/mol. The van der Waals surface area contributed by atoms with Crippen molar-refractivity contribution in [3.8, 4) is 0 Å². The van der Waals surface area contributed by atoms with E-state index in [1.54, 1.807) is 0 Å². The minimum Gasteiger partial charge on any atom is -0.462 e. The summed E-state index contributed by atoms with van der Waals surface area (Å²) < 4.78 is 16.8. The van der Waals surface area contributed by atoms with E-state index in [4.69, 9.17) is 14.2 Å². The molecule has 6 nitrogen and oxygen atoms in total. The molecule has 0 fully saturated rings. The minimum absolute atomic E-state index is 0.135. The van der Waals surface area contributed by atoms with Gasteiger partial charge < -0.3 is 14.2 Å². The molecular formula is C66H100O6. The highest BCUT2D eigenvalue weighted by Gasteiger charge is 2.19. The van der Waals surface area contributed by atoms with Gasteiger partial charge in [-0.15, -0.1) is 0 Å². The highest BCUT2D eigenvalue weighted by atomic mass is 16.6. The lowest BCUT2D eigenvalue weighted by Crippen LogP contribution is -2.30. The first-order chi connectivity index (χ1) is 35.5. The minimum atomic E-state index is -0.839. The van der Waals surface area contributed by atoms with Crippen LogP contribution in [0.15, 0.2) is 170 Å². The van der Waals surface area contributed by atoms with E-state index in [0.717, 1.165) is 109 Å². The Hall–Kier alpha value is -5.23. The maximum Gasteiger partial charge on any atom is 0.306 e. The van der Waals surface area contributed by atoms with Crippen molar-refractivity contribution in [1.29, 1.82) is 0 Å². The van der Waals surface area contributed by atoms with Gasteiger partial charge >= 0.3 is 17.9 Å². The van der Waals surface area contributed by atoms with Crippen molar-refractivity contribution in [3.05, 3.63) is 170 Å². The third kappa shape index (κ3) is 55.7. The molecule has 0 heterocycles. The smallest absolute Gasteiger partial charge is 0.306 e. The Kier molecular flexibility index (Phi) is 54.1. The van der Waals surface area contributed by atoms with Crippen LogP contribution in [-0.4, -0.2) is 37.2 Å². The Labute approximate surface area is 441 Å². The van der Waals surface area contributed by atoms with Crippen molar-refractivity contribution < 1.29 is 28.6 Å². The van der Waals surface area contributed by atoms with E-state index in [9.17, 15) is 14.4 Å². The van der Waals surface area contributed by atoms with Crippen LogP contribution in [-0.2, 0) is 28.6 Å². The summed E-state index contributed by atoms with van der Waals surface area (Å²) in [5.41, 5.74) is 0. The quantitative estimate of drug-likeness (QED) is 0.0199. The van der Waals surface area contributed by atoms with E-state index >= 15 is 0 Å². The van der Waals surface area contributed by atoms with Crippen molar-refractivity contribution in [2.45, 2.75) is 213 Å². The zero-order chi connectivity index (χ0) is 52.2. The first-order valence-corrected chi connectivity index (χ1v) is 28.3. The summed E-state index contributed by atoms with van der Waals surface area (Å²) in [6, 6.07) is 0. The maximum absolute atomic E-state index is 12.9. The molecule has 0 saturated heterocycles. The van der Waals surface area contributed by atoms with E-state index in [1.165, 1.54) is 44.9 Å². The van der Waals surface area contributed by atoms with Gasteiger partial charge in [0.2, 0.25) is 0 Å². The fourth-order valence-corrected chi connectivity index (χ4v) is 6.98. The topological polar surface area (TPSA) is 78.9 Å². The lowest BCUT2D eigenvalue weighted by Gasteiger charge is -2.18. The number of unbranched alkanes of at least 4 members (excludes halogenated alkanes) is 16. The van der Waals surface area contributed by atoms with Gasteiger partial charge in [0.15, 0.2) is 6.10 Å². The van der Waals surface area contributed by atoms with Gasteiger partial charge in [-0.2, -0.15) is 0 Å². The fourth-order valence-electron chi connectivity index (χ4n) is 6.98. The van der Waals surface area contributed by atoms with E-state index in [2.05, 4.69) is 118 Å². The van der Waals surface area contributed by atoms with Gasteiger partial charge in [0.1, 0.15) is 13.2 Å². The molecule has 6 heteroatoms. The van der Waals surface area contributed by atoms with Crippen LogP contribution in [0.2, 0.25) is 0 Å². The lowest BCUT2D eigenvalue weighted by molar-refractivity contribution is -0.167. The fraction of sp³-hybridized carbons (Fsp3) is 0.530. The third-order valence-electron chi connectivity index (χ3n) is 11.2. The van der Waals surface area contributed by atoms with E-state index in [0.29, 0.717) is 12.8 Å². The highest BCUT2D eigenvalue weighted by Crippen LogP contribution is 2.12. The normalized spacial score (nSPS) is 13.4. The summed E-state index contributed by atoms with van der Waals surface area (Å²) in [5.74, 6) is -1.06. The molecule has 0 aliphatic rings. The second-order valence-electron chi connectivity index (χ2n) is 17.9. The molecule has 0 saturated carbocycles. The second kappa shape index (κ2) is 58.3. The SMILES string of the molecule is CC\C=C/C=C\C=C/C=C\C=C\C=C/C=C\CCCCCC(=O)OCC(COC(=O)CCC/C=C\C/C=C\C/C=C\C/C=C\C/C=C\CC)OC(=O)CCCCCCC/C=C\C=C/CCCCCCCCC. The van der Waals surface area contributed by atoms with Crippen LogP contribution in [0.4, 0.5) is 0 Å². The first kappa shape index (κ1) is 66.8. The Morgan fingerprint density at radius 1 is 0.306 bits per heavy atom. The summed E-state index contributed by atoms with van der Waals surface area (Å²) >= 11 is 0. The van der Waals surface area contributed by atoms with E-state index < -0.39 is 6.10 Å². The van der Waals surface area contributed by atoms with Crippen LogP contribution in [0, 0.1) is 0 Å². The van der Waals surface area contributed by atoms with Crippen molar-refractivity contribution in [3.63, 3.8) is 0 Å². The molecule has 0 aliphatic carbocycles. The molecule has 400 valence electrons. The van der Waals surface area contributed by atoms with Crippen LogP contribution in [0.3, 0.4) is 0 Å². The van der Waals surface area contributed by atoms with Gasteiger partial charge in [-0.3, -0.25) is 14.4 Å².